The lowest BCUT2D eigenvalue weighted by Crippen LogP contribution is -2.16. The summed E-state index contributed by atoms with van der Waals surface area (Å²) in [7, 11) is 5.39. The summed E-state index contributed by atoms with van der Waals surface area (Å²) in [5.74, 6) is 1.27. The third-order valence-corrected chi connectivity index (χ3v) is 3.25. The highest BCUT2D eigenvalue weighted by Gasteiger charge is 2.13. The first-order valence-electron chi connectivity index (χ1n) is 4.41. The molecular weight excluding hydrogens is 214 g/mol. The van der Waals surface area contributed by atoms with E-state index in [1.165, 1.54) is 0 Å². The van der Waals surface area contributed by atoms with Gasteiger partial charge in [-0.3, -0.25) is 0 Å². The number of ether oxygens (including phenoxy) is 2. The van der Waals surface area contributed by atoms with Gasteiger partial charge in [0.1, 0.15) is 27.4 Å². The molecule has 0 aliphatic heterocycles. The molecule has 1 rings (SSSR count). The predicted octanol–water partition coefficient (Wildman–Crippen LogP) is 1.29. The molecule has 84 valence electrons. The van der Waals surface area contributed by atoms with Gasteiger partial charge in [0.15, 0.2) is 0 Å². The van der Waals surface area contributed by atoms with Crippen LogP contribution in [-0.4, -0.2) is 36.8 Å². The van der Waals surface area contributed by atoms with E-state index in [1.54, 1.807) is 50.8 Å². The van der Waals surface area contributed by atoms with Crippen LogP contribution in [0.1, 0.15) is 0 Å². The Labute approximate surface area is 92.4 Å². The molecule has 0 saturated heterocycles. The van der Waals surface area contributed by atoms with Crippen LogP contribution in [0.2, 0.25) is 0 Å². The molecule has 0 aliphatic carbocycles. The van der Waals surface area contributed by atoms with Gasteiger partial charge in [-0.1, -0.05) is 0 Å². The molecule has 0 bridgehead atoms. The minimum atomic E-state index is -1.23. The van der Waals surface area contributed by atoms with Crippen LogP contribution in [0.4, 0.5) is 0 Å². The van der Waals surface area contributed by atoms with E-state index in [4.69, 9.17) is 9.47 Å². The van der Waals surface area contributed by atoms with Crippen LogP contribution in [0.3, 0.4) is 0 Å². The van der Waals surface area contributed by atoms with E-state index >= 15 is 0 Å². The van der Waals surface area contributed by atoms with Crippen molar-refractivity contribution in [3.05, 3.63) is 18.2 Å². The first kappa shape index (κ1) is 12.0. The Bertz CT molecular complexity index is 366. The molecule has 0 fully saturated rings. The first-order valence-corrected chi connectivity index (χ1v) is 5.52. The van der Waals surface area contributed by atoms with Crippen LogP contribution in [0.5, 0.6) is 11.5 Å². The molecule has 1 atom stereocenters. The van der Waals surface area contributed by atoms with Gasteiger partial charge in [0, 0.05) is 6.07 Å². The van der Waals surface area contributed by atoms with Crippen LogP contribution in [0.25, 0.3) is 0 Å². The van der Waals surface area contributed by atoms with E-state index in [2.05, 4.69) is 0 Å². The zero-order chi connectivity index (χ0) is 11.4. The van der Waals surface area contributed by atoms with Gasteiger partial charge in [0.05, 0.1) is 14.2 Å². The number of hydrogen-bond acceptors (Lipinski definition) is 3. The summed E-state index contributed by atoms with van der Waals surface area (Å²) in [6.45, 7) is 0. The summed E-state index contributed by atoms with van der Waals surface area (Å²) in [4.78, 5) is 0.613. The Balaban J connectivity index is 3.17. The summed E-state index contributed by atoms with van der Waals surface area (Å²) in [6.07, 6.45) is 0. The fourth-order valence-electron chi connectivity index (χ4n) is 1.12. The number of benzene rings is 1. The zero-order valence-corrected chi connectivity index (χ0v) is 10.1. The molecule has 0 amide bonds. The molecule has 5 heteroatoms. The minimum Gasteiger partial charge on any atom is -0.497 e. The summed E-state index contributed by atoms with van der Waals surface area (Å²) in [6, 6.07) is 5.24. The summed E-state index contributed by atoms with van der Waals surface area (Å²) in [5, 5.41) is 0. The lowest BCUT2D eigenvalue weighted by Gasteiger charge is -2.13. The third-order valence-electron chi connectivity index (χ3n) is 1.89. The SMILES string of the molecule is COc1ccc(OC)c(S(=O)N(C)C)c1. The average molecular weight is 229 g/mol. The molecule has 0 heterocycles. The van der Waals surface area contributed by atoms with Crippen molar-refractivity contribution in [2.24, 2.45) is 0 Å². The molecule has 0 N–H and O–H groups in total. The minimum absolute atomic E-state index is 0.600. The van der Waals surface area contributed by atoms with Crippen molar-refractivity contribution in [3.8, 4) is 11.5 Å². The topological polar surface area (TPSA) is 38.8 Å². The largest absolute Gasteiger partial charge is 0.497 e. The maximum Gasteiger partial charge on any atom is 0.136 e. The molecule has 4 nitrogen and oxygen atoms in total. The predicted molar refractivity (Wildman–Crippen MR) is 59.6 cm³/mol. The van der Waals surface area contributed by atoms with Crippen molar-refractivity contribution in [1.29, 1.82) is 0 Å². The van der Waals surface area contributed by atoms with Gasteiger partial charge in [-0.05, 0) is 26.2 Å². The number of rotatable bonds is 4. The molecule has 0 spiro atoms. The van der Waals surface area contributed by atoms with E-state index in [0.717, 1.165) is 0 Å². The molecule has 0 saturated carbocycles. The van der Waals surface area contributed by atoms with E-state index in [0.29, 0.717) is 16.4 Å². The van der Waals surface area contributed by atoms with E-state index in [1.807, 2.05) is 0 Å². The van der Waals surface area contributed by atoms with Gasteiger partial charge in [0.25, 0.3) is 0 Å². The normalized spacial score (nSPS) is 12.6. The Kier molecular flexibility index (Phi) is 4.11. The highest BCUT2D eigenvalue weighted by Crippen LogP contribution is 2.27. The molecular formula is C10H15NO3S. The van der Waals surface area contributed by atoms with Crippen LogP contribution in [0.15, 0.2) is 23.1 Å². The highest BCUT2D eigenvalue weighted by atomic mass is 32.2. The number of nitrogens with zero attached hydrogens (tertiary/aromatic N) is 1. The van der Waals surface area contributed by atoms with Crippen molar-refractivity contribution in [2.75, 3.05) is 28.3 Å². The van der Waals surface area contributed by atoms with E-state index in [9.17, 15) is 4.21 Å². The Morgan fingerprint density at radius 2 is 1.87 bits per heavy atom. The van der Waals surface area contributed by atoms with Gasteiger partial charge in [-0.2, -0.15) is 0 Å². The molecule has 1 unspecified atom stereocenters. The monoisotopic (exact) mass is 229 g/mol. The molecule has 1 aromatic rings. The van der Waals surface area contributed by atoms with Crippen LogP contribution in [0, 0.1) is 0 Å². The average Bonchev–Trinajstić information content (AvgIpc) is 2.27. The Hall–Kier alpha value is -1.07. The standard InChI is InChI=1S/C10H15NO3S/c1-11(2)15(12)10-7-8(13-3)5-6-9(10)14-4/h5-7H,1-4H3. The number of hydrogen-bond donors (Lipinski definition) is 0. The maximum absolute atomic E-state index is 11.9. The molecule has 0 aliphatic rings. The smallest absolute Gasteiger partial charge is 0.136 e. The van der Waals surface area contributed by atoms with Gasteiger partial charge >= 0.3 is 0 Å². The van der Waals surface area contributed by atoms with Crippen molar-refractivity contribution < 1.29 is 13.7 Å². The second kappa shape index (κ2) is 5.14. The van der Waals surface area contributed by atoms with Gasteiger partial charge in [-0.15, -0.1) is 0 Å². The van der Waals surface area contributed by atoms with Crippen LogP contribution >= 0.6 is 0 Å². The fraction of sp³-hybridized carbons (Fsp3) is 0.400. The van der Waals surface area contributed by atoms with Crippen LogP contribution < -0.4 is 9.47 Å². The van der Waals surface area contributed by atoms with Crippen molar-refractivity contribution in [2.45, 2.75) is 4.90 Å². The first-order chi connectivity index (χ1) is 7.10. The molecule has 0 radical (unpaired) electrons. The zero-order valence-electron chi connectivity index (χ0n) is 9.31. The van der Waals surface area contributed by atoms with Gasteiger partial charge in [0.2, 0.25) is 0 Å². The van der Waals surface area contributed by atoms with Gasteiger partial charge < -0.3 is 9.47 Å². The second-order valence-corrected chi connectivity index (χ2v) is 4.75. The molecule has 1 aromatic carbocycles. The van der Waals surface area contributed by atoms with Crippen molar-refractivity contribution in [3.63, 3.8) is 0 Å². The van der Waals surface area contributed by atoms with Gasteiger partial charge in [-0.25, -0.2) is 8.51 Å². The van der Waals surface area contributed by atoms with E-state index in [-0.39, 0.29) is 0 Å². The van der Waals surface area contributed by atoms with E-state index < -0.39 is 11.0 Å². The lowest BCUT2D eigenvalue weighted by molar-refractivity contribution is 0.392. The highest BCUT2D eigenvalue weighted by molar-refractivity contribution is 7.82. The second-order valence-electron chi connectivity index (χ2n) is 3.08. The number of methoxy groups -OCH3 is 2. The lowest BCUT2D eigenvalue weighted by atomic mass is 10.3. The molecule has 0 aromatic heterocycles. The fourth-order valence-corrected chi connectivity index (χ4v) is 2.05. The summed E-state index contributed by atoms with van der Waals surface area (Å²) < 4.78 is 23.7. The Morgan fingerprint density at radius 3 is 2.33 bits per heavy atom. The summed E-state index contributed by atoms with van der Waals surface area (Å²) in [5.41, 5.74) is 0. The molecule has 15 heavy (non-hydrogen) atoms. The summed E-state index contributed by atoms with van der Waals surface area (Å²) >= 11 is 0. The van der Waals surface area contributed by atoms with Crippen molar-refractivity contribution in [1.82, 2.24) is 4.31 Å². The third kappa shape index (κ3) is 2.70. The van der Waals surface area contributed by atoms with Crippen molar-refractivity contribution >= 4 is 11.0 Å². The maximum atomic E-state index is 11.9. The quantitative estimate of drug-likeness (QED) is 0.781. The van der Waals surface area contributed by atoms with Crippen LogP contribution in [-0.2, 0) is 11.0 Å². The Morgan fingerprint density at radius 1 is 1.20 bits per heavy atom.